The van der Waals surface area contributed by atoms with E-state index in [4.69, 9.17) is 0 Å². The largest absolute Gasteiger partial charge is 0.388 e. The SMILES string of the molecule is CC1(O)CN(Cc2ccnc(-c3ccc4c(c3)CN(C3CCC(=O)NC3=O)C4=O)c2)C1. The Hall–Kier alpha value is -3.10. The number of nitrogens with one attached hydrogen (secondary N) is 1. The van der Waals surface area contributed by atoms with Crippen LogP contribution in [0.4, 0.5) is 0 Å². The second-order valence-electron chi connectivity index (χ2n) is 8.96. The molecule has 8 nitrogen and oxygen atoms in total. The Kier molecular flexibility index (Phi) is 4.64. The molecule has 0 spiro atoms. The van der Waals surface area contributed by atoms with Crippen molar-refractivity contribution in [1.82, 2.24) is 20.1 Å². The molecule has 1 unspecified atom stereocenters. The van der Waals surface area contributed by atoms with Crippen LogP contribution in [0.5, 0.6) is 0 Å². The number of fused-ring (bicyclic) bond motifs is 1. The van der Waals surface area contributed by atoms with Gasteiger partial charge in [0.2, 0.25) is 11.8 Å². The minimum atomic E-state index is -0.615. The van der Waals surface area contributed by atoms with Crippen molar-refractivity contribution < 1.29 is 19.5 Å². The molecule has 3 aliphatic rings. The van der Waals surface area contributed by atoms with Gasteiger partial charge in [-0.15, -0.1) is 0 Å². The third-order valence-electron chi connectivity index (χ3n) is 6.18. The number of hydrogen-bond donors (Lipinski definition) is 2. The molecule has 160 valence electrons. The van der Waals surface area contributed by atoms with Crippen molar-refractivity contribution >= 4 is 17.7 Å². The van der Waals surface area contributed by atoms with Gasteiger partial charge in [0.15, 0.2) is 0 Å². The van der Waals surface area contributed by atoms with E-state index in [2.05, 4.69) is 15.2 Å². The molecular weight excluding hydrogens is 396 g/mol. The molecule has 3 amide bonds. The molecule has 2 N–H and O–H groups in total. The number of nitrogens with zero attached hydrogens (tertiary/aromatic N) is 3. The van der Waals surface area contributed by atoms with Crippen LogP contribution in [0.3, 0.4) is 0 Å². The lowest BCUT2D eigenvalue weighted by atomic mass is 9.96. The number of likely N-dealkylation sites (tertiary alicyclic amines) is 1. The molecule has 1 atom stereocenters. The number of imide groups is 1. The molecule has 31 heavy (non-hydrogen) atoms. The fraction of sp³-hybridized carbons (Fsp3) is 0.391. The summed E-state index contributed by atoms with van der Waals surface area (Å²) in [4.78, 5) is 44.7. The number of rotatable bonds is 4. The molecule has 8 heteroatoms. The van der Waals surface area contributed by atoms with Gasteiger partial charge in [0.25, 0.3) is 5.91 Å². The van der Waals surface area contributed by atoms with E-state index in [1.807, 2.05) is 31.2 Å². The minimum Gasteiger partial charge on any atom is -0.388 e. The van der Waals surface area contributed by atoms with E-state index in [9.17, 15) is 19.5 Å². The van der Waals surface area contributed by atoms with Crippen molar-refractivity contribution in [2.75, 3.05) is 13.1 Å². The zero-order valence-electron chi connectivity index (χ0n) is 17.3. The number of aliphatic hydroxyl groups is 1. The lowest BCUT2D eigenvalue weighted by molar-refractivity contribution is -0.136. The summed E-state index contributed by atoms with van der Waals surface area (Å²) in [6.45, 7) is 4.24. The molecular formula is C23H24N4O4. The smallest absolute Gasteiger partial charge is 0.255 e. The topological polar surface area (TPSA) is 103 Å². The number of benzene rings is 1. The summed E-state index contributed by atoms with van der Waals surface area (Å²) in [5, 5.41) is 12.2. The summed E-state index contributed by atoms with van der Waals surface area (Å²) in [5.74, 6) is -0.875. The lowest BCUT2D eigenvalue weighted by Gasteiger charge is -2.44. The first-order chi connectivity index (χ1) is 14.8. The van der Waals surface area contributed by atoms with Gasteiger partial charge in [-0.25, -0.2) is 0 Å². The molecule has 1 aromatic heterocycles. The molecule has 0 saturated carbocycles. The fourth-order valence-electron chi connectivity index (χ4n) is 4.75. The normalized spacial score (nSPS) is 22.8. The second-order valence-corrected chi connectivity index (χ2v) is 8.96. The van der Waals surface area contributed by atoms with Gasteiger partial charge in [0.1, 0.15) is 6.04 Å². The summed E-state index contributed by atoms with van der Waals surface area (Å²) in [6, 6.07) is 9.02. The maximum atomic E-state index is 12.9. The maximum Gasteiger partial charge on any atom is 0.255 e. The van der Waals surface area contributed by atoms with Crippen molar-refractivity contribution in [2.24, 2.45) is 0 Å². The number of β-amino-alcohol motifs (C(OH)–C–C–N with tert-alkyl or cyclic N) is 1. The molecule has 0 radical (unpaired) electrons. The van der Waals surface area contributed by atoms with E-state index < -0.39 is 17.6 Å². The van der Waals surface area contributed by atoms with Crippen LogP contribution in [-0.2, 0) is 22.7 Å². The van der Waals surface area contributed by atoms with E-state index in [0.29, 0.717) is 31.6 Å². The summed E-state index contributed by atoms with van der Waals surface area (Å²) < 4.78 is 0. The van der Waals surface area contributed by atoms with Gasteiger partial charge < -0.3 is 10.0 Å². The first kappa shape index (κ1) is 19.8. The first-order valence-electron chi connectivity index (χ1n) is 10.5. The van der Waals surface area contributed by atoms with Crippen LogP contribution in [-0.4, -0.2) is 62.3 Å². The summed E-state index contributed by atoms with van der Waals surface area (Å²) in [7, 11) is 0. The van der Waals surface area contributed by atoms with Gasteiger partial charge in [-0.1, -0.05) is 6.07 Å². The van der Waals surface area contributed by atoms with Gasteiger partial charge >= 0.3 is 0 Å². The van der Waals surface area contributed by atoms with Crippen LogP contribution in [0, 0.1) is 0 Å². The number of carbonyl (C=O) groups is 3. The fourth-order valence-corrected chi connectivity index (χ4v) is 4.75. The minimum absolute atomic E-state index is 0.178. The van der Waals surface area contributed by atoms with Gasteiger partial charge in [0.05, 0.1) is 11.3 Å². The van der Waals surface area contributed by atoms with Crippen LogP contribution in [0.25, 0.3) is 11.3 Å². The van der Waals surface area contributed by atoms with Crippen molar-refractivity contribution in [3.8, 4) is 11.3 Å². The maximum absolute atomic E-state index is 12.9. The average molecular weight is 420 g/mol. The monoisotopic (exact) mass is 420 g/mol. The number of aromatic nitrogens is 1. The average Bonchev–Trinajstić information content (AvgIpc) is 3.03. The van der Waals surface area contributed by atoms with Gasteiger partial charge in [-0.2, -0.15) is 0 Å². The first-order valence-corrected chi connectivity index (χ1v) is 10.5. The lowest BCUT2D eigenvalue weighted by Crippen LogP contribution is -2.59. The van der Waals surface area contributed by atoms with Crippen molar-refractivity contribution in [1.29, 1.82) is 0 Å². The number of pyridine rings is 1. The molecule has 2 aromatic rings. The second kappa shape index (κ2) is 7.25. The number of piperidine rings is 1. The quantitative estimate of drug-likeness (QED) is 0.718. The van der Waals surface area contributed by atoms with Gasteiger partial charge in [0, 0.05) is 49.9 Å². The highest BCUT2D eigenvalue weighted by Crippen LogP contribution is 2.31. The Morgan fingerprint density at radius 1 is 1.19 bits per heavy atom. The highest BCUT2D eigenvalue weighted by Gasteiger charge is 2.39. The van der Waals surface area contributed by atoms with Crippen LogP contribution < -0.4 is 5.32 Å². The molecule has 4 heterocycles. The third-order valence-corrected chi connectivity index (χ3v) is 6.18. The number of amides is 3. The highest BCUT2D eigenvalue weighted by molar-refractivity contribution is 6.05. The molecule has 1 aromatic carbocycles. The van der Waals surface area contributed by atoms with E-state index in [-0.39, 0.29) is 18.2 Å². The molecule has 5 rings (SSSR count). The Morgan fingerprint density at radius 3 is 2.74 bits per heavy atom. The molecule has 0 bridgehead atoms. The Balaban J connectivity index is 1.34. The van der Waals surface area contributed by atoms with Gasteiger partial charge in [-0.05, 0) is 48.7 Å². The molecule has 3 aliphatic heterocycles. The van der Waals surface area contributed by atoms with Crippen LogP contribution in [0.1, 0.15) is 41.3 Å². The van der Waals surface area contributed by atoms with Crippen LogP contribution >= 0.6 is 0 Å². The highest BCUT2D eigenvalue weighted by atomic mass is 16.3. The van der Waals surface area contributed by atoms with Crippen molar-refractivity contribution in [3.05, 3.63) is 53.2 Å². The van der Waals surface area contributed by atoms with Crippen molar-refractivity contribution in [3.63, 3.8) is 0 Å². The van der Waals surface area contributed by atoms with Crippen LogP contribution in [0.15, 0.2) is 36.5 Å². The van der Waals surface area contributed by atoms with Crippen molar-refractivity contribution in [2.45, 2.75) is 44.5 Å². The molecule has 0 aliphatic carbocycles. The van der Waals surface area contributed by atoms with Gasteiger partial charge in [-0.3, -0.25) is 29.6 Å². The van der Waals surface area contributed by atoms with E-state index in [1.54, 1.807) is 17.2 Å². The van der Waals surface area contributed by atoms with E-state index in [0.717, 1.165) is 28.9 Å². The van der Waals surface area contributed by atoms with E-state index >= 15 is 0 Å². The summed E-state index contributed by atoms with van der Waals surface area (Å²) in [5.41, 5.74) is 3.69. The number of carbonyl (C=O) groups excluding carboxylic acids is 3. The zero-order valence-corrected chi connectivity index (χ0v) is 17.3. The molecule has 2 fully saturated rings. The molecule has 2 saturated heterocycles. The third kappa shape index (κ3) is 3.73. The Labute approximate surface area is 179 Å². The standard InChI is InChI=1S/C23H24N4O4/c1-23(31)12-26(13-23)10-14-6-7-24-18(8-14)15-2-3-17-16(9-15)11-27(22(17)30)19-4-5-20(28)25-21(19)29/h2-3,6-9,19,31H,4-5,10-13H2,1H3,(H,25,28,29). The predicted molar refractivity (Wildman–Crippen MR) is 112 cm³/mol. The van der Waals surface area contributed by atoms with Crippen LogP contribution in [0.2, 0.25) is 0 Å². The van der Waals surface area contributed by atoms with E-state index in [1.165, 1.54) is 0 Å². The predicted octanol–water partition coefficient (Wildman–Crippen LogP) is 1.08. The summed E-state index contributed by atoms with van der Waals surface area (Å²) >= 11 is 0. The Bertz CT molecular complexity index is 1090. The summed E-state index contributed by atoms with van der Waals surface area (Å²) in [6.07, 6.45) is 2.37. The zero-order chi connectivity index (χ0) is 21.8. The number of hydrogen-bond acceptors (Lipinski definition) is 6. The Morgan fingerprint density at radius 2 is 2.00 bits per heavy atom.